The maximum absolute atomic E-state index is 13.2. The van der Waals surface area contributed by atoms with Gasteiger partial charge in [-0.15, -0.1) is 6.58 Å². The van der Waals surface area contributed by atoms with Crippen LogP contribution in [0.1, 0.15) is 0 Å². The Hall–Kier alpha value is -2.50. The fourth-order valence-corrected chi connectivity index (χ4v) is 4.44. The number of ether oxygens (including phenoxy) is 1. The number of fused-ring (bicyclic) bond motifs is 1. The van der Waals surface area contributed by atoms with Gasteiger partial charge in [-0.3, -0.25) is 4.31 Å². The average molecular weight is 388 g/mol. The minimum Gasteiger partial charge on any atom is -0.495 e. The monoisotopic (exact) mass is 387 g/mol. The molecule has 0 amide bonds. The van der Waals surface area contributed by atoms with E-state index in [9.17, 15) is 8.42 Å². The Bertz CT molecular complexity index is 1060. The Labute approximate surface area is 158 Å². The van der Waals surface area contributed by atoms with Gasteiger partial charge in [0.25, 0.3) is 10.0 Å². The van der Waals surface area contributed by atoms with Gasteiger partial charge < -0.3 is 4.74 Å². The van der Waals surface area contributed by atoms with Gasteiger partial charge in [0.05, 0.1) is 29.3 Å². The molecule has 3 rings (SSSR count). The zero-order chi connectivity index (χ0) is 18.7. The number of sulfonamides is 1. The summed E-state index contributed by atoms with van der Waals surface area (Å²) in [5.41, 5.74) is 0.448. The number of nitrogens with zero attached hydrogens (tertiary/aromatic N) is 1. The second-order valence-electron chi connectivity index (χ2n) is 5.65. The van der Waals surface area contributed by atoms with E-state index in [0.29, 0.717) is 16.5 Å². The summed E-state index contributed by atoms with van der Waals surface area (Å²) >= 11 is 6.18. The molecule has 0 saturated heterocycles. The van der Waals surface area contributed by atoms with E-state index in [1.165, 1.54) is 17.5 Å². The molecular formula is C20H18ClNO3S. The van der Waals surface area contributed by atoms with Gasteiger partial charge in [-0.05, 0) is 41.1 Å². The minimum absolute atomic E-state index is 0.123. The SMILES string of the molecule is C=CCN(c1ccc(OC)c(Cl)c1)S(=O)(=O)c1ccc2ccccc2c1. The fourth-order valence-electron chi connectivity index (χ4n) is 2.73. The maximum Gasteiger partial charge on any atom is 0.264 e. The molecule has 0 aliphatic heterocycles. The smallest absolute Gasteiger partial charge is 0.264 e. The molecule has 0 N–H and O–H groups in total. The van der Waals surface area contributed by atoms with Gasteiger partial charge in [-0.1, -0.05) is 48.0 Å². The van der Waals surface area contributed by atoms with E-state index in [-0.39, 0.29) is 11.4 Å². The zero-order valence-corrected chi connectivity index (χ0v) is 15.8. The molecule has 3 aromatic carbocycles. The average Bonchev–Trinajstić information content (AvgIpc) is 2.65. The van der Waals surface area contributed by atoms with Gasteiger partial charge in [-0.2, -0.15) is 0 Å². The van der Waals surface area contributed by atoms with E-state index in [1.807, 2.05) is 24.3 Å². The first kappa shape index (κ1) is 18.3. The number of anilines is 1. The predicted octanol–water partition coefficient (Wildman–Crippen LogP) is 4.88. The first-order chi connectivity index (χ1) is 12.5. The van der Waals surface area contributed by atoms with E-state index in [4.69, 9.17) is 16.3 Å². The first-order valence-electron chi connectivity index (χ1n) is 7.93. The highest BCUT2D eigenvalue weighted by Gasteiger charge is 2.25. The van der Waals surface area contributed by atoms with Crippen LogP contribution >= 0.6 is 11.6 Å². The molecule has 26 heavy (non-hydrogen) atoms. The lowest BCUT2D eigenvalue weighted by atomic mass is 10.1. The van der Waals surface area contributed by atoms with Crippen molar-refractivity contribution in [3.8, 4) is 5.75 Å². The molecule has 6 heteroatoms. The van der Waals surface area contributed by atoms with E-state index in [2.05, 4.69) is 6.58 Å². The number of methoxy groups -OCH3 is 1. The summed E-state index contributed by atoms with van der Waals surface area (Å²) in [7, 11) is -2.27. The second-order valence-corrected chi connectivity index (χ2v) is 7.92. The maximum atomic E-state index is 13.2. The Morgan fingerprint density at radius 1 is 1.08 bits per heavy atom. The van der Waals surface area contributed by atoms with Gasteiger partial charge in [-0.25, -0.2) is 8.42 Å². The summed E-state index contributed by atoms with van der Waals surface area (Å²) in [4.78, 5) is 0.213. The molecule has 0 atom stereocenters. The van der Waals surface area contributed by atoms with Gasteiger partial charge in [0.2, 0.25) is 0 Å². The van der Waals surface area contributed by atoms with Crippen LogP contribution in [0.5, 0.6) is 5.75 Å². The summed E-state index contributed by atoms with van der Waals surface area (Å²) in [5, 5.41) is 2.18. The molecule has 3 aromatic rings. The Morgan fingerprint density at radius 3 is 2.46 bits per heavy atom. The van der Waals surface area contributed by atoms with Gasteiger partial charge in [0.1, 0.15) is 5.75 Å². The number of hydrogen-bond acceptors (Lipinski definition) is 3. The van der Waals surface area contributed by atoms with Crippen molar-refractivity contribution in [2.45, 2.75) is 4.90 Å². The van der Waals surface area contributed by atoms with Crippen LogP contribution in [0.2, 0.25) is 5.02 Å². The lowest BCUT2D eigenvalue weighted by molar-refractivity contribution is 0.415. The summed E-state index contributed by atoms with van der Waals surface area (Å²) in [6.45, 7) is 3.80. The van der Waals surface area contributed by atoms with Crippen molar-refractivity contribution in [3.05, 3.63) is 78.3 Å². The molecule has 0 fully saturated rings. The molecule has 0 aliphatic rings. The quantitative estimate of drug-likeness (QED) is 0.566. The van der Waals surface area contributed by atoms with Crippen molar-refractivity contribution < 1.29 is 13.2 Å². The van der Waals surface area contributed by atoms with Crippen LogP contribution in [0.15, 0.2) is 78.2 Å². The van der Waals surface area contributed by atoms with Crippen LogP contribution in [0.4, 0.5) is 5.69 Å². The molecule has 0 heterocycles. The summed E-state index contributed by atoms with van der Waals surface area (Å²) in [6.07, 6.45) is 1.54. The zero-order valence-electron chi connectivity index (χ0n) is 14.2. The van der Waals surface area contributed by atoms with Crippen LogP contribution in [0.3, 0.4) is 0 Å². The highest BCUT2D eigenvalue weighted by atomic mass is 35.5. The predicted molar refractivity (Wildman–Crippen MR) is 107 cm³/mol. The summed E-state index contributed by atoms with van der Waals surface area (Å²) in [6, 6.07) is 17.6. The van der Waals surface area contributed by atoms with Crippen LogP contribution in [0, 0.1) is 0 Å². The van der Waals surface area contributed by atoms with E-state index in [1.54, 1.807) is 36.4 Å². The number of benzene rings is 3. The third-order valence-electron chi connectivity index (χ3n) is 4.03. The second kappa shape index (κ2) is 7.40. The molecule has 0 spiro atoms. The van der Waals surface area contributed by atoms with E-state index >= 15 is 0 Å². The highest BCUT2D eigenvalue weighted by molar-refractivity contribution is 7.92. The van der Waals surface area contributed by atoms with Crippen LogP contribution in [-0.2, 0) is 10.0 Å². The van der Waals surface area contributed by atoms with Crippen molar-refractivity contribution in [1.82, 2.24) is 0 Å². The lowest BCUT2D eigenvalue weighted by Gasteiger charge is -2.24. The normalized spacial score (nSPS) is 11.3. The molecule has 4 nitrogen and oxygen atoms in total. The van der Waals surface area contributed by atoms with Gasteiger partial charge in [0.15, 0.2) is 0 Å². The molecule has 0 radical (unpaired) electrons. The van der Waals surface area contributed by atoms with Gasteiger partial charge in [0, 0.05) is 0 Å². The van der Waals surface area contributed by atoms with E-state index < -0.39 is 10.0 Å². The molecule has 0 aromatic heterocycles. The van der Waals surface area contributed by atoms with Crippen molar-refractivity contribution >= 4 is 38.1 Å². The third kappa shape index (κ3) is 3.41. The number of hydrogen-bond donors (Lipinski definition) is 0. The van der Waals surface area contributed by atoms with Crippen molar-refractivity contribution in [2.75, 3.05) is 18.0 Å². The van der Waals surface area contributed by atoms with Crippen molar-refractivity contribution in [2.24, 2.45) is 0 Å². The standard InChI is InChI=1S/C20H18ClNO3S/c1-3-12-22(17-9-11-20(25-2)19(21)14-17)26(23,24)18-10-8-15-6-4-5-7-16(15)13-18/h3-11,13-14H,1,12H2,2H3. The third-order valence-corrected chi connectivity index (χ3v) is 6.11. The van der Waals surface area contributed by atoms with E-state index in [0.717, 1.165) is 10.8 Å². The fraction of sp³-hybridized carbons (Fsp3) is 0.100. The number of halogens is 1. The summed E-state index contributed by atoms with van der Waals surface area (Å²) in [5.74, 6) is 0.483. The lowest BCUT2D eigenvalue weighted by Crippen LogP contribution is -2.31. The summed E-state index contributed by atoms with van der Waals surface area (Å²) < 4.78 is 32.9. The van der Waals surface area contributed by atoms with Crippen molar-refractivity contribution in [1.29, 1.82) is 0 Å². The molecular weight excluding hydrogens is 370 g/mol. The van der Waals surface area contributed by atoms with Crippen LogP contribution < -0.4 is 9.04 Å². The molecule has 134 valence electrons. The Morgan fingerprint density at radius 2 is 1.81 bits per heavy atom. The highest BCUT2D eigenvalue weighted by Crippen LogP contribution is 2.32. The topological polar surface area (TPSA) is 46.6 Å². The molecule has 0 saturated carbocycles. The molecule has 0 unspecified atom stereocenters. The minimum atomic E-state index is -3.78. The Kier molecular flexibility index (Phi) is 5.20. The van der Waals surface area contributed by atoms with Crippen molar-refractivity contribution in [3.63, 3.8) is 0 Å². The largest absolute Gasteiger partial charge is 0.495 e. The van der Waals surface area contributed by atoms with Gasteiger partial charge >= 0.3 is 0 Å². The number of rotatable bonds is 6. The first-order valence-corrected chi connectivity index (χ1v) is 9.75. The molecule has 0 aliphatic carbocycles. The van der Waals surface area contributed by atoms with Crippen LogP contribution in [0.25, 0.3) is 10.8 Å². The Balaban J connectivity index is 2.10. The molecule has 0 bridgehead atoms. The van der Waals surface area contributed by atoms with Crippen LogP contribution in [-0.4, -0.2) is 22.1 Å².